The summed E-state index contributed by atoms with van der Waals surface area (Å²) in [5.74, 6) is 0.204. The van der Waals surface area contributed by atoms with Crippen molar-refractivity contribution in [2.24, 2.45) is 0 Å². The molecule has 104 valence electrons. The third-order valence-electron chi connectivity index (χ3n) is 2.87. The molecular weight excluding hydrogens is 290 g/mol. The van der Waals surface area contributed by atoms with Crippen LogP contribution in [-0.4, -0.2) is 20.4 Å². The molecule has 5 nitrogen and oxygen atoms in total. The zero-order valence-corrected chi connectivity index (χ0v) is 11.9. The van der Waals surface area contributed by atoms with Gasteiger partial charge in [-0.25, -0.2) is 8.42 Å². The number of ether oxygens (including phenoxy) is 1. The number of amides is 1. The van der Waals surface area contributed by atoms with Crippen LogP contribution in [0.3, 0.4) is 0 Å². The molecule has 2 rings (SSSR count). The monoisotopic (exact) mass is 303 g/mol. The summed E-state index contributed by atoms with van der Waals surface area (Å²) >= 11 is 0. The average Bonchev–Trinajstić information content (AvgIpc) is 2.34. The lowest BCUT2D eigenvalue weighted by atomic mass is 10.1. The van der Waals surface area contributed by atoms with Crippen molar-refractivity contribution in [3.63, 3.8) is 0 Å². The minimum atomic E-state index is -3.82. The quantitative estimate of drug-likeness (QED) is 0.867. The van der Waals surface area contributed by atoms with Crippen LogP contribution in [0, 0.1) is 0 Å². The Kier molecular flexibility index (Phi) is 4.01. The van der Waals surface area contributed by atoms with Crippen LogP contribution in [0.5, 0.6) is 5.75 Å². The third-order valence-corrected chi connectivity index (χ3v) is 4.22. The number of carbonyl (C=O) groups excluding carboxylic acids is 1. The van der Waals surface area contributed by atoms with Crippen LogP contribution in [0.25, 0.3) is 0 Å². The van der Waals surface area contributed by atoms with Crippen LogP contribution in [0.15, 0.2) is 23.1 Å². The van der Waals surface area contributed by atoms with Crippen molar-refractivity contribution >= 4 is 31.3 Å². The van der Waals surface area contributed by atoms with E-state index in [2.05, 4.69) is 5.32 Å². The highest BCUT2D eigenvalue weighted by atomic mass is 35.7. The second-order valence-electron chi connectivity index (χ2n) is 4.33. The van der Waals surface area contributed by atoms with Gasteiger partial charge in [0.1, 0.15) is 5.75 Å². The lowest BCUT2D eigenvalue weighted by Crippen LogP contribution is -2.36. The van der Waals surface area contributed by atoms with Crippen LogP contribution < -0.4 is 10.1 Å². The average molecular weight is 304 g/mol. The number of hydrogen-bond donors (Lipinski definition) is 1. The maximum atomic E-state index is 11.8. The molecule has 1 N–H and O–H groups in total. The zero-order chi connectivity index (χ0) is 14.0. The fourth-order valence-electron chi connectivity index (χ4n) is 1.86. The highest BCUT2D eigenvalue weighted by molar-refractivity contribution is 8.13. The molecule has 1 aromatic carbocycles. The molecule has 1 atom stereocenters. The lowest BCUT2D eigenvalue weighted by Gasteiger charge is -2.26. The van der Waals surface area contributed by atoms with Gasteiger partial charge in [0.2, 0.25) is 0 Å². The molecule has 1 amide bonds. The predicted molar refractivity (Wildman–Crippen MR) is 72.1 cm³/mol. The van der Waals surface area contributed by atoms with Crippen molar-refractivity contribution in [2.45, 2.75) is 37.2 Å². The zero-order valence-electron chi connectivity index (χ0n) is 10.3. The molecule has 0 aromatic heterocycles. The van der Waals surface area contributed by atoms with E-state index in [-0.39, 0.29) is 10.8 Å². The smallest absolute Gasteiger partial charge is 0.265 e. The first-order valence-corrected chi connectivity index (χ1v) is 8.29. The fourth-order valence-corrected chi connectivity index (χ4v) is 2.64. The molecule has 0 bridgehead atoms. The Balaban J connectivity index is 2.26. The Bertz CT molecular complexity index is 600. The van der Waals surface area contributed by atoms with Crippen LogP contribution in [0.2, 0.25) is 0 Å². The summed E-state index contributed by atoms with van der Waals surface area (Å²) in [6.07, 6.45) is 1.98. The Morgan fingerprint density at radius 2 is 2.16 bits per heavy atom. The topological polar surface area (TPSA) is 72.5 Å². The molecule has 1 heterocycles. The largest absolute Gasteiger partial charge is 0.478 e. The second-order valence-corrected chi connectivity index (χ2v) is 6.90. The molecule has 0 aliphatic carbocycles. The molecule has 0 saturated heterocycles. The van der Waals surface area contributed by atoms with Gasteiger partial charge in [0.15, 0.2) is 6.10 Å². The van der Waals surface area contributed by atoms with Crippen molar-refractivity contribution in [1.82, 2.24) is 0 Å². The normalized spacial score (nSPS) is 18.4. The van der Waals surface area contributed by atoms with Gasteiger partial charge in [0.25, 0.3) is 15.0 Å². The van der Waals surface area contributed by atoms with E-state index in [4.69, 9.17) is 15.4 Å². The van der Waals surface area contributed by atoms with Crippen LogP contribution in [0.4, 0.5) is 5.69 Å². The molecule has 0 spiro atoms. The molecule has 0 radical (unpaired) electrons. The standard InChI is InChI=1S/C12H14ClNO4S/c1-2-3-4-11-12(15)14-9-7-8(19(13,16)17)5-6-10(9)18-11/h5-7,11H,2-4H2,1H3,(H,14,15)/t11-/m0/s1. The van der Waals surface area contributed by atoms with Gasteiger partial charge in [0.05, 0.1) is 10.6 Å². The summed E-state index contributed by atoms with van der Waals surface area (Å²) in [5.41, 5.74) is 0.333. The van der Waals surface area contributed by atoms with Crippen molar-refractivity contribution in [3.8, 4) is 5.75 Å². The molecule has 1 aliphatic heterocycles. The molecule has 0 fully saturated rings. The van der Waals surface area contributed by atoms with E-state index in [1.165, 1.54) is 18.2 Å². The van der Waals surface area contributed by atoms with E-state index in [0.29, 0.717) is 17.9 Å². The highest BCUT2D eigenvalue weighted by Crippen LogP contribution is 2.33. The van der Waals surface area contributed by atoms with E-state index in [0.717, 1.165) is 12.8 Å². The Labute approximate surface area is 116 Å². The van der Waals surface area contributed by atoms with Crippen LogP contribution in [-0.2, 0) is 13.8 Å². The number of hydrogen-bond acceptors (Lipinski definition) is 4. The second kappa shape index (κ2) is 5.38. The minimum absolute atomic E-state index is 0.0659. The van der Waals surface area contributed by atoms with Gasteiger partial charge in [-0.2, -0.15) is 0 Å². The van der Waals surface area contributed by atoms with E-state index < -0.39 is 15.2 Å². The maximum Gasteiger partial charge on any atom is 0.265 e. The minimum Gasteiger partial charge on any atom is -0.478 e. The first-order valence-electron chi connectivity index (χ1n) is 5.98. The molecule has 1 aromatic rings. The summed E-state index contributed by atoms with van der Waals surface area (Å²) in [6, 6.07) is 4.16. The Hall–Kier alpha value is -1.27. The number of anilines is 1. The van der Waals surface area contributed by atoms with E-state index in [1.807, 2.05) is 6.92 Å². The number of carbonyl (C=O) groups is 1. The Morgan fingerprint density at radius 3 is 2.79 bits per heavy atom. The van der Waals surface area contributed by atoms with Gasteiger partial charge in [-0.15, -0.1) is 0 Å². The summed E-state index contributed by atoms with van der Waals surface area (Å²) < 4.78 is 28.0. The van der Waals surface area contributed by atoms with Gasteiger partial charge >= 0.3 is 0 Å². The SMILES string of the molecule is CCCC[C@@H]1Oc2ccc(S(=O)(=O)Cl)cc2NC1=O. The van der Waals surface area contributed by atoms with E-state index >= 15 is 0 Å². The predicted octanol–water partition coefficient (Wildman–Crippen LogP) is 2.50. The summed E-state index contributed by atoms with van der Waals surface area (Å²) in [4.78, 5) is 11.7. The maximum absolute atomic E-state index is 11.8. The van der Waals surface area contributed by atoms with Crippen molar-refractivity contribution in [2.75, 3.05) is 5.32 Å². The van der Waals surface area contributed by atoms with Crippen LogP contribution >= 0.6 is 10.7 Å². The fraction of sp³-hybridized carbons (Fsp3) is 0.417. The summed E-state index contributed by atoms with van der Waals surface area (Å²) in [6.45, 7) is 2.03. The number of nitrogens with one attached hydrogen (secondary N) is 1. The number of unbranched alkanes of at least 4 members (excludes halogenated alkanes) is 1. The Morgan fingerprint density at radius 1 is 1.42 bits per heavy atom. The first kappa shape index (κ1) is 14.1. The highest BCUT2D eigenvalue weighted by Gasteiger charge is 2.28. The van der Waals surface area contributed by atoms with Gasteiger partial charge in [0, 0.05) is 10.7 Å². The van der Waals surface area contributed by atoms with Crippen LogP contribution in [0.1, 0.15) is 26.2 Å². The number of rotatable bonds is 4. The lowest BCUT2D eigenvalue weighted by molar-refractivity contribution is -0.123. The summed E-state index contributed by atoms with van der Waals surface area (Å²) in [7, 11) is 1.44. The summed E-state index contributed by atoms with van der Waals surface area (Å²) in [5, 5.41) is 2.64. The molecule has 7 heteroatoms. The molecule has 0 unspecified atom stereocenters. The van der Waals surface area contributed by atoms with Gasteiger partial charge < -0.3 is 10.1 Å². The van der Waals surface area contributed by atoms with Crippen molar-refractivity contribution < 1.29 is 17.9 Å². The van der Waals surface area contributed by atoms with Gasteiger partial charge in [-0.05, 0) is 31.0 Å². The van der Waals surface area contributed by atoms with Crippen molar-refractivity contribution in [1.29, 1.82) is 0 Å². The van der Waals surface area contributed by atoms with Gasteiger partial charge in [-0.3, -0.25) is 4.79 Å². The van der Waals surface area contributed by atoms with Crippen molar-refractivity contribution in [3.05, 3.63) is 18.2 Å². The number of halogens is 1. The molecule has 0 saturated carbocycles. The van der Waals surface area contributed by atoms with E-state index in [9.17, 15) is 13.2 Å². The first-order chi connectivity index (χ1) is 8.91. The number of benzene rings is 1. The van der Waals surface area contributed by atoms with Gasteiger partial charge in [-0.1, -0.05) is 13.3 Å². The molecule has 19 heavy (non-hydrogen) atoms. The molecular formula is C12H14ClNO4S. The third kappa shape index (κ3) is 3.19. The molecule has 1 aliphatic rings. The van der Waals surface area contributed by atoms with E-state index in [1.54, 1.807) is 0 Å². The number of fused-ring (bicyclic) bond motifs is 1.